The van der Waals surface area contributed by atoms with Crippen LogP contribution in [0.25, 0.3) is 0 Å². The zero-order chi connectivity index (χ0) is 26.6. The number of alkyl carbamates (subject to hydrolysis) is 1. The Hall–Kier alpha value is -3.00. The molecule has 0 aromatic heterocycles. The molecule has 2 aromatic rings. The maximum Gasteiger partial charge on any atom is 0.408 e. The van der Waals surface area contributed by atoms with E-state index in [-0.39, 0.29) is 23.6 Å². The highest BCUT2D eigenvalue weighted by atomic mass is 32.1. The van der Waals surface area contributed by atoms with Crippen molar-refractivity contribution >= 4 is 36.2 Å². The molecule has 2 N–H and O–H groups in total. The predicted octanol–water partition coefficient (Wildman–Crippen LogP) is 5.11. The second kappa shape index (κ2) is 11.4. The molecule has 0 spiro atoms. The van der Waals surface area contributed by atoms with E-state index in [0.29, 0.717) is 5.69 Å². The van der Waals surface area contributed by atoms with Gasteiger partial charge in [0.05, 0.1) is 0 Å². The number of carbonyl (C=O) groups is 3. The van der Waals surface area contributed by atoms with Gasteiger partial charge in [0.25, 0.3) is 5.91 Å². The van der Waals surface area contributed by atoms with Crippen LogP contribution in [0.15, 0.2) is 42.5 Å². The van der Waals surface area contributed by atoms with E-state index in [4.69, 9.17) is 4.74 Å². The quantitative estimate of drug-likeness (QED) is 0.430. The molecule has 0 heterocycles. The maximum atomic E-state index is 13.9. The largest absolute Gasteiger partial charge is 0.444 e. The lowest BCUT2D eigenvalue weighted by molar-refractivity contribution is -0.141. The second-order valence-corrected chi connectivity index (χ2v) is 10.7. The molecule has 1 saturated carbocycles. The number of carbonyl (C=O) groups excluding carboxylic acids is 3. The molecule has 0 aliphatic heterocycles. The zero-order valence-electron chi connectivity index (χ0n) is 21.9. The Bertz CT molecular complexity index is 1120. The van der Waals surface area contributed by atoms with E-state index in [2.05, 4.69) is 23.3 Å². The predicted molar refractivity (Wildman–Crippen MR) is 145 cm³/mol. The molecule has 2 atom stereocenters. The highest BCUT2D eigenvalue weighted by Gasteiger charge is 2.44. The van der Waals surface area contributed by atoms with E-state index >= 15 is 0 Å². The van der Waals surface area contributed by atoms with Crippen LogP contribution in [-0.2, 0) is 14.3 Å². The van der Waals surface area contributed by atoms with E-state index in [9.17, 15) is 14.4 Å². The summed E-state index contributed by atoms with van der Waals surface area (Å²) < 4.78 is 5.36. The molecule has 0 radical (unpaired) electrons. The van der Waals surface area contributed by atoms with E-state index < -0.39 is 23.8 Å². The van der Waals surface area contributed by atoms with Gasteiger partial charge in [0, 0.05) is 17.5 Å². The number of para-hydroxylation sites is 1. The summed E-state index contributed by atoms with van der Waals surface area (Å²) in [6.07, 6.45) is 0.880. The average molecular weight is 512 g/mol. The molecule has 2 unspecified atom stereocenters. The summed E-state index contributed by atoms with van der Waals surface area (Å²) in [4.78, 5) is 41.9. The molecule has 1 aliphatic rings. The number of anilines is 1. The van der Waals surface area contributed by atoms with Gasteiger partial charge in [0.15, 0.2) is 0 Å². The van der Waals surface area contributed by atoms with Crippen LogP contribution in [0, 0.1) is 20.8 Å². The SMILES string of the molecule is Cc1ccccc1NC(=O)C(c1cccc(C)c1C)N(C(=O)C(CS)NC(=O)OC(C)(C)C)C1CC1. The zero-order valence-corrected chi connectivity index (χ0v) is 22.8. The van der Waals surface area contributed by atoms with Gasteiger partial charge in [-0.15, -0.1) is 0 Å². The third-order valence-corrected chi connectivity index (χ3v) is 6.60. The molecule has 0 bridgehead atoms. The average Bonchev–Trinajstić information content (AvgIpc) is 3.63. The number of nitrogens with zero attached hydrogens (tertiary/aromatic N) is 1. The number of thiol groups is 1. The summed E-state index contributed by atoms with van der Waals surface area (Å²) in [6, 6.07) is 11.4. The van der Waals surface area contributed by atoms with Crippen molar-refractivity contribution in [1.29, 1.82) is 0 Å². The van der Waals surface area contributed by atoms with Gasteiger partial charge in [0.1, 0.15) is 17.7 Å². The third-order valence-electron chi connectivity index (χ3n) is 6.24. The number of hydrogen-bond acceptors (Lipinski definition) is 5. The summed E-state index contributed by atoms with van der Waals surface area (Å²) in [5.74, 6) is -0.585. The highest BCUT2D eigenvalue weighted by molar-refractivity contribution is 7.80. The van der Waals surface area contributed by atoms with Crippen molar-refractivity contribution in [2.24, 2.45) is 0 Å². The van der Waals surface area contributed by atoms with Gasteiger partial charge in [0.2, 0.25) is 5.91 Å². The molecule has 36 heavy (non-hydrogen) atoms. The van der Waals surface area contributed by atoms with Crippen LogP contribution in [0.5, 0.6) is 0 Å². The topological polar surface area (TPSA) is 87.7 Å². The van der Waals surface area contributed by atoms with Gasteiger partial charge in [-0.05, 0) is 82.7 Å². The molecule has 3 amide bonds. The number of amides is 3. The van der Waals surface area contributed by atoms with Crippen LogP contribution in [0.2, 0.25) is 0 Å². The Labute approximate surface area is 219 Å². The summed E-state index contributed by atoms with van der Waals surface area (Å²) in [5.41, 5.74) is 3.65. The first-order valence-corrected chi connectivity index (χ1v) is 12.9. The first kappa shape index (κ1) is 27.6. The fourth-order valence-corrected chi connectivity index (χ4v) is 4.34. The lowest BCUT2D eigenvalue weighted by Crippen LogP contribution is -2.54. The Balaban J connectivity index is 2.00. The van der Waals surface area contributed by atoms with Crippen LogP contribution < -0.4 is 10.6 Å². The Morgan fingerprint density at radius 2 is 1.67 bits per heavy atom. The van der Waals surface area contributed by atoms with Crippen molar-refractivity contribution in [2.75, 3.05) is 11.1 Å². The van der Waals surface area contributed by atoms with Crippen LogP contribution >= 0.6 is 12.6 Å². The van der Waals surface area contributed by atoms with Gasteiger partial charge in [-0.3, -0.25) is 9.59 Å². The van der Waals surface area contributed by atoms with E-state index in [0.717, 1.165) is 35.1 Å². The Kier molecular flexibility index (Phi) is 8.71. The molecule has 1 aliphatic carbocycles. The number of nitrogens with one attached hydrogen (secondary N) is 2. The minimum absolute atomic E-state index is 0.0697. The summed E-state index contributed by atoms with van der Waals surface area (Å²) in [6.45, 7) is 11.1. The fraction of sp³-hybridized carbons (Fsp3) is 0.464. The molecule has 1 fully saturated rings. The molecular weight excluding hydrogens is 474 g/mol. The van der Waals surface area contributed by atoms with Crippen LogP contribution in [0.4, 0.5) is 10.5 Å². The fourth-order valence-electron chi connectivity index (χ4n) is 4.09. The molecule has 2 aromatic carbocycles. The molecule has 7 nitrogen and oxygen atoms in total. The summed E-state index contributed by atoms with van der Waals surface area (Å²) in [5, 5.41) is 5.69. The number of ether oxygens (including phenoxy) is 1. The number of rotatable bonds is 8. The van der Waals surface area contributed by atoms with Crippen molar-refractivity contribution in [3.63, 3.8) is 0 Å². The van der Waals surface area contributed by atoms with Gasteiger partial charge in [-0.2, -0.15) is 12.6 Å². The van der Waals surface area contributed by atoms with Gasteiger partial charge in [-0.25, -0.2) is 4.79 Å². The standard InChI is InChI=1S/C28H37N3O4S/c1-17-11-9-12-21(19(17)3)24(25(32)29-22-13-8-7-10-18(22)2)31(20-14-15-20)26(33)23(16-36)30-27(34)35-28(4,5)6/h7-13,20,23-24,36H,14-16H2,1-6H3,(H,29,32)(H,30,34). The lowest BCUT2D eigenvalue weighted by Gasteiger charge is -2.35. The smallest absolute Gasteiger partial charge is 0.408 e. The van der Waals surface area contributed by atoms with Crippen LogP contribution in [-0.4, -0.2) is 46.2 Å². The molecule has 194 valence electrons. The van der Waals surface area contributed by atoms with Crippen molar-refractivity contribution in [3.05, 3.63) is 64.7 Å². The lowest BCUT2D eigenvalue weighted by atomic mass is 9.94. The molecular formula is C28H37N3O4S. The minimum atomic E-state index is -0.942. The second-order valence-electron chi connectivity index (χ2n) is 10.4. The van der Waals surface area contributed by atoms with Gasteiger partial charge < -0.3 is 20.3 Å². The summed E-state index contributed by atoms with van der Waals surface area (Å²) >= 11 is 4.34. The van der Waals surface area contributed by atoms with Crippen molar-refractivity contribution in [3.8, 4) is 0 Å². The molecule has 3 rings (SSSR count). The van der Waals surface area contributed by atoms with Gasteiger partial charge in [-0.1, -0.05) is 36.4 Å². The van der Waals surface area contributed by atoms with Crippen LogP contribution in [0.1, 0.15) is 61.9 Å². The van der Waals surface area contributed by atoms with E-state index in [1.807, 2.05) is 63.2 Å². The molecule has 8 heteroatoms. The highest BCUT2D eigenvalue weighted by Crippen LogP contribution is 2.37. The van der Waals surface area contributed by atoms with E-state index in [1.165, 1.54) is 0 Å². The molecule has 0 saturated heterocycles. The first-order valence-electron chi connectivity index (χ1n) is 12.3. The monoisotopic (exact) mass is 511 g/mol. The van der Waals surface area contributed by atoms with E-state index in [1.54, 1.807) is 25.7 Å². The van der Waals surface area contributed by atoms with Crippen molar-refractivity contribution < 1.29 is 19.1 Å². The number of benzene rings is 2. The van der Waals surface area contributed by atoms with Crippen LogP contribution in [0.3, 0.4) is 0 Å². The third kappa shape index (κ3) is 6.81. The first-order chi connectivity index (χ1) is 16.9. The normalized spacial score (nSPS) is 15.0. The number of hydrogen-bond donors (Lipinski definition) is 3. The maximum absolute atomic E-state index is 13.9. The van der Waals surface area contributed by atoms with Crippen molar-refractivity contribution in [1.82, 2.24) is 10.2 Å². The van der Waals surface area contributed by atoms with Crippen molar-refractivity contribution in [2.45, 2.75) is 78.1 Å². The minimum Gasteiger partial charge on any atom is -0.444 e. The number of aryl methyl sites for hydroxylation is 2. The van der Waals surface area contributed by atoms with Gasteiger partial charge >= 0.3 is 6.09 Å². The summed E-state index contributed by atoms with van der Waals surface area (Å²) in [7, 11) is 0. The Morgan fingerprint density at radius 1 is 1.03 bits per heavy atom. The Morgan fingerprint density at radius 3 is 2.25 bits per heavy atom.